The highest BCUT2D eigenvalue weighted by atomic mass is 35.5. The Kier molecular flexibility index (Phi) is 22.0. The molecule has 3 atom stereocenters. The average molecular weight is 1550 g/mol. The van der Waals surface area contributed by atoms with Gasteiger partial charge in [-0.2, -0.15) is 0 Å². The van der Waals surface area contributed by atoms with Crippen LogP contribution in [-0.2, 0) is 46.5 Å². The van der Waals surface area contributed by atoms with E-state index in [4.69, 9.17) is 57.8 Å². The van der Waals surface area contributed by atoms with E-state index in [0.29, 0.717) is 69.7 Å². The van der Waals surface area contributed by atoms with Gasteiger partial charge in [-0.3, -0.25) is 18.1 Å². The van der Waals surface area contributed by atoms with E-state index in [0.717, 1.165) is 149 Å². The second kappa shape index (κ2) is 31.8. The molecule has 110 heavy (non-hydrogen) atoms. The summed E-state index contributed by atoms with van der Waals surface area (Å²) >= 11 is 0. The van der Waals surface area contributed by atoms with Crippen molar-refractivity contribution in [2.75, 3.05) is 54.0 Å². The molecule has 27 nitrogen and oxygen atoms in total. The number of hydrogen-bond donors (Lipinski definition) is 3. The van der Waals surface area contributed by atoms with Gasteiger partial charge >= 0.3 is 15.6 Å². The Bertz CT molecular complexity index is 5260. The van der Waals surface area contributed by atoms with Gasteiger partial charge in [0, 0.05) is 112 Å². The molecular formula is C80H91ClN18O9P2. The minimum Gasteiger partial charge on any atom is -0.393 e. The zero-order valence-corrected chi connectivity index (χ0v) is 65.0. The number of halogens is 1. The largest absolute Gasteiger partial charge is 0.476 e. The minimum absolute atomic E-state index is 0. The molecule has 0 unspecified atom stereocenters. The number of imidazole rings is 3. The van der Waals surface area contributed by atoms with Crippen molar-refractivity contribution in [3.05, 3.63) is 199 Å². The van der Waals surface area contributed by atoms with Crippen LogP contribution in [0.3, 0.4) is 0 Å². The number of phosphoric ester groups is 2. The van der Waals surface area contributed by atoms with Gasteiger partial charge in [0.25, 0.3) is 0 Å². The first-order chi connectivity index (χ1) is 52.6. The molecule has 3 fully saturated rings. The predicted molar refractivity (Wildman–Crippen MR) is 423 cm³/mol. The Labute approximate surface area is 644 Å². The third kappa shape index (κ3) is 17.1. The molecular weight excluding hydrogens is 1450 g/mol. The molecule has 0 saturated carbocycles. The molecule has 30 heteroatoms. The normalized spacial score (nSPS) is 18.6. The first kappa shape index (κ1) is 76.0. The Balaban J connectivity index is 0.000000132. The number of phosphoric acid groups is 2. The fourth-order valence-corrected chi connectivity index (χ4v) is 18.2. The van der Waals surface area contributed by atoms with Crippen LogP contribution in [0.2, 0.25) is 0 Å². The van der Waals surface area contributed by atoms with E-state index in [1.165, 1.54) is 16.7 Å². The maximum Gasteiger partial charge on any atom is 0.476 e. The molecule has 18 rings (SSSR count). The lowest BCUT2D eigenvalue weighted by Crippen LogP contribution is -2.38. The van der Waals surface area contributed by atoms with Gasteiger partial charge in [0.2, 0.25) is 17.8 Å². The highest BCUT2D eigenvalue weighted by Crippen LogP contribution is 2.57. The van der Waals surface area contributed by atoms with Crippen molar-refractivity contribution in [1.29, 1.82) is 0 Å². The Morgan fingerprint density at radius 1 is 0.382 bits per heavy atom. The molecule has 12 aromatic rings. The summed E-state index contributed by atoms with van der Waals surface area (Å²) < 4.78 is 53.9. The third-order valence-corrected chi connectivity index (χ3v) is 23.2. The van der Waals surface area contributed by atoms with Crippen molar-refractivity contribution in [2.24, 2.45) is 0 Å². The molecule has 3 aromatic carbocycles. The van der Waals surface area contributed by atoms with E-state index in [1.54, 1.807) is 12.4 Å². The van der Waals surface area contributed by atoms with Crippen molar-refractivity contribution in [3.63, 3.8) is 0 Å². The first-order valence-electron chi connectivity index (χ1n) is 37.7. The predicted octanol–water partition coefficient (Wildman–Crippen LogP) is 14.5. The number of nitrogens with zero attached hydrogens (tertiary/aromatic N) is 18. The number of aliphatic hydroxyl groups excluding tert-OH is 1. The fraction of sp³-hybridized carbons (Fsp3) is 0.400. The van der Waals surface area contributed by atoms with Crippen LogP contribution in [0.4, 0.5) is 17.8 Å². The quantitative estimate of drug-likeness (QED) is 0.0803. The second-order valence-electron chi connectivity index (χ2n) is 30.7. The Morgan fingerprint density at radius 2 is 0.673 bits per heavy atom. The van der Waals surface area contributed by atoms with Gasteiger partial charge in [0.1, 0.15) is 34.0 Å². The highest BCUT2D eigenvalue weighted by Gasteiger charge is 2.41. The first-order valence-corrected chi connectivity index (χ1v) is 40.7. The van der Waals surface area contributed by atoms with Crippen LogP contribution >= 0.6 is 28.1 Å². The lowest BCUT2D eigenvalue weighted by atomic mass is 10.0. The van der Waals surface area contributed by atoms with Gasteiger partial charge in [-0.1, -0.05) is 91.0 Å². The van der Waals surface area contributed by atoms with Gasteiger partial charge < -0.3 is 43.3 Å². The van der Waals surface area contributed by atoms with E-state index in [9.17, 15) is 14.2 Å². The standard InChI is InChI=1S/C32H41N6O4P.C24H25N6O4P.C24H24N6O.ClH/c1-31(2,3)41-43(39,42-32(4,5)6)40-24-16-18-37(19-17-24)30-33-20-23(21-34-30)25-12-13-26-29(36-25)38-27(14-15-28(38)35-26)22-10-8-7-9-11-22;31-35(32,33)34-18-10-12-29(13-11-18)24-25-14-17(15-26-24)19-6-7-20-23(28-19)30-21(8-9-22(30)27-20)16-4-2-1-3-5-16;31-18-10-12-29(13-11-18)24-25-14-17(15-26-24)19-6-7-20-23(28-19)30-21(8-9-22(30)27-20)16-4-2-1-3-5-16;/h7-13,20-21,24,27H,14-19H2,1-6H3;1-7,14-15,18,21H,8-13H2,(H2,31,32,33);1-7,14-15,18,21,31H,8-13H2;1H/t27-;2*21-;/m111./s1. The number of anilines is 3. The molecule has 3 saturated heterocycles. The van der Waals surface area contributed by atoms with Crippen molar-refractivity contribution >= 4 is 79.4 Å². The summed E-state index contributed by atoms with van der Waals surface area (Å²) in [6.45, 7) is 15.1. The minimum atomic E-state index is -4.47. The molecule has 0 radical (unpaired) electrons. The maximum absolute atomic E-state index is 13.5. The molecule has 572 valence electrons. The van der Waals surface area contributed by atoms with E-state index in [2.05, 4.69) is 132 Å². The summed E-state index contributed by atoms with van der Waals surface area (Å²) in [5.41, 5.74) is 13.0. The van der Waals surface area contributed by atoms with E-state index in [1.807, 2.05) is 120 Å². The third-order valence-electron chi connectivity index (χ3n) is 20.6. The number of aryl methyl sites for hydroxylation is 3. The van der Waals surface area contributed by atoms with Crippen molar-refractivity contribution in [3.8, 4) is 33.8 Å². The summed E-state index contributed by atoms with van der Waals surface area (Å²) in [6, 6.07) is 44.4. The zero-order valence-electron chi connectivity index (χ0n) is 62.4. The summed E-state index contributed by atoms with van der Waals surface area (Å²) in [5, 5.41) is 9.71. The molecule has 0 aliphatic carbocycles. The van der Waals surface area contributed by atoms with Crippen LogP contribution in [0, 0.1) is 0 Å². The van der Waals surface area contributed by atoms with Crippen molar-refractivity contribution in [1.82, 2.24) is 73.5 Å². The maximum atomic E-state index is 13.5. The molecule has 0 amide bonds. The van der Waals surface area contributed by atoms with Crippen LogP contribution in [0.1, 0.15) is 152 Å². The van der Waals surface area contributed by atoms with Gasteiger partial charge in [-0.05, 0) is 152 Å². The van der Waals surface area contributed by atoms with E-state index < -0.39 is 33.0 Å². The number of hydrogen-bond acceptors (Lipinski definition) is 22. The lowest BCUT2D eigenvalue weighted by Gasteiger charge is -2.36. The van der Waals surface area contributed by atoms with Gasteiger partial charge in [0.15, 0.2) is 16.9 Å². The van der Waals surface area contributed by atoms with Crippen molar-refractivity contribution in [2.45, 2.75) is 166 Å². The molecule has 6 aliphatic heterocycles. The summed E-state index contributed by atoms with van der Waals surface area (Å²) in [7, 11) is -8.24. The number of benzene rings is 3. The topological polar surface area (TPSA) is 311 Å². The monoisotopic (exact) mass is 1540 g/mol. The van der Waals surface area contributed by atoms with Gasteiger partial charge in [-0.15, -0.1) is 12.4 Å². The van der Waals surface area contributed by atoms with Gasteiger partial charge in [0.05, 0.1) is 64.7 Å². The second-order valence-corrected chi connectivity index (χ2v) is 33.3. The Morgan fingerprint density at radius 3 is 0.964 bits per heavy atom. The van der Waals surface area contributed by atoms with Crippen LogP contribution in [0.5, 0.6) is 0 Å². The molecule has 0 bridgehead atoms. The van der Waals surface area contributed by atoms with Crippen LogP contribution in [0.25, 0.3) is 67.3 Å². The van der Waals surface area contributed by atoms with Crippen LogP contribution in [0.15, 0.2) is 165 Å². The molecule has 0 spiro atoms. The molecule has 9 aromatic heterocycles. The summed E-state index contributed by atoms with van der Waals surface area (Å²) in [6.07, 6.45) is 19.7. The number of rotatable bonds is 15. The van der Waals surface area contributed by atoms with E-state index in [-0.39, 0.29) is 42.7 Å². The molecule has 3 N–H and O–H groups in total. The fourth-order valence-electron chi connectivity index (χ4n) is 15.6. The Hall–Kier alpha value is -9.37. The van der Waals surface area contributed by atoms with Crippen LogP contribution < -0.4 is 14.7 Å². The molecule has 15 heterocycles. The number of pyridine rings is 3. The number of aliphatic hydroxyl groups is 1. The SMILES string of the molecule is CC(C)(C)OP(=O)(OC1CCN(c2ncc(-c3ccc4nc5n(c4n3)[C@@H](c3ccccc3)CC5)cn2)CC1)OC(C)(C)C.Cl.O=P(O)(O)OC1CCN(c2ncc(-c3ccc4nc5n(c4n3)[C@@H](c3ccccc3)CC5)cn2)CC1.OC1CCN(c2ncc(-c3ccc4nc5n(c4n3)[C@@H](c3ccccc3)CC5)cn2)CC1. The zero-order chi connectivity index (χ0) is 75.2. The van der Waals surface area contributed by atoms with E-state index >= 15 is 0 Å². The average Bonchev–Trinajstić information content (AvgIpc) is 1.61. The van der Waals surface area contributed by atoms with Crippen LogP contribution in [-0.4, -0.2) is 157 Å². The summed E-state index contributed by atoms with van der Waals surface area (Å²) in [5.74, 6) is 5.20. The number of aromatic nitrogens is 15. The summed E-state index contributed by atoms with van der Waals surface area (Å²) in [4.78, 5) is 81.3. The smallest absolute Gasteiger partial charge is 0.393 e. The number of piperidine rings is 3. The highest BCUT2D eigenvalue weighted by molar-refractivity contribution is 7.48. The van der Waals surface area contributed by atoms with Crippen molar-refractivity contribution < 1.29 is 42.1 Å². The molecule has 6 aliphatic rings. The number of fused-ring (bicyclic) bond motifs is 9. The van der Waals surface area contributed by atoms with Gasteiger partial charge in [-0.25, -0.2) is 68.9 Å². The lowest BCUT2D eigenvalue weighted by molar-refractivity contribution is -0.0143.